The van der Waals surface area contributed by atoms with Crippen LogP contribution in [0.25, 0.3) is 5.69 Å². The summed E-state index contributed by atoms with van der Waals surface area (Å²) in [7, 11) is 0. The summed E-state index contributed by atoms with van der Waals surface area (Å²) in [6, 6.07) is 14.6. The van der Waals surface area contributed by atoms with Crippen molar-refractivity contribution in [1.82, 2.24) is 14.7 Å². The van der Waals surface area contributed by atoms with E-state index in [0.29, 0.717) is 17.4 Å². The van der Waals surface area contributed by atoms with Crippen LogP contribution in [0.2, 0.25) is 5.02 Å². The van der Waals surface area contributed by atoms with E-state index >= 15 is 0 Å². The van der Waals surface area contributed by atoms with Crippen LogP contribution in [0.4, 0.5) is 16.3 Å². The van der Waals surface area contributed by atoms with Crippen LogP contribution < -0.4 is 10.6 Å². The summed E-state index contributed by atoms with van der Waals surface area (Å²) in [5.74, 6) is 0.219. The maximum Gasteiger partial charge on any atom is 0.322 e. The van der Waals surface area contributed by atoms with E-state index in [1.54, 1.807) is 16.8 Å². The van der Waals surface area contributed by atoms with Crippen LogP contribution >= 0.6 is 11.6 Å². The summed E-state index contributed by atoms with van der Waals surface area (Å²) in [6.07, 6.45) is 0. The quantitative estimate of drug-likeness (QED) is 0.457. The van der Waals surface area contributed by atoms with Crippen molar-refractivity contribution in [2.24, 2.45) is 0 Å². The van der Waals surface area contributed by atoms with Crippen molar-refractivity contribution in [3.8, 4) is 5.69 Å². The number of urea groups is 1. The number of amides is 3. The van der Waals surface area contributed by atoms with Crippen LogP contribution in [0.5, 0.6) is 0 Å². The van der Waals surface area contributed by atoms with E-state index in [-0.39, 0.29) is 23.9 Å². The fraction of sp³-hybridized carbons (Fsp3) is 0.346. The second-order valence-electron chi connectivity index (χ2n) is 9.36. The molecule has 2 N–H and O–H groups in total. The number of carbonyl (C=O) groups excluding carboxylic acids is 2. The summed E-state index contributed by atoms with van der Waals surface area (Å²) in [5, 5.41) is 11.2. The van der Waals surface area contributed by atoms with Gasteiger partial charge in [-0.15, -0.1) is 0 Å². The van der Waals surface area contributed by atoms with Crippen LogP contribution in [0, 0.1) is 13.8 Å². The average Bonchev–Trinajstić information content (AvgIpc) is 3.18. The smallest absolute Gasteiger partial charge is 0.315 e. The minimum absolute atomic E-state index is 0.0934. The fourth-order valence-corrected chi connectivity index (χ4v) is 3.57. The molecule has 0 spiro atoms. The zero-order valence-electron chi connectivity index (χ0n) is 20.6. The monoisotopic (exact) mass is 481 g/mol. The SMILES string of the molecule is CCN(CC(=O)Nc1cc(C(C)(C)C)nn1-c1ccc(Cl)cc1)C(=O)Nc1ccc(C)cc1C. The van der Waals surface area contributed by atoms with Gasteiger partial charge >= 0.3 is 6.03 Å². The average molecular weight is 482 g/mol. The van der Waals surface area contributed by atoms with Gasteiger partial charge in [-0.25, -0.2) is 9.48 Å². The van der Waals surface area contributed by atoms with Gasteiger partial charge in [-0.3, -0.25) is 4.79 Å². The highest BCUT2D eigenvalue weighted by Crippen LogP contribution is 2.27. The molecule has 7 nitrogen and oxygen atoms in total. The Hall–Kier alpha value is -3.32. The molecule has 0 bridgehead atoms. The Morgan fingerprint density at radius 1 is 1.03 bits per heavy atom. The van der Waals surface area contributed by atoms with E-state index in [1.807, 2.05) is 57.2 Å². The molecular formula is C26H32ClN5O2. The Kier molecular flexibility index (Phi) is 7.67. The zero-order chi connectivity index (χ0) is 25.0. The van der Waals surface area contributed by atoms with E-state index in [9.17, 15) is 9.59 Å². The first-order valence-corrected chi connectivity index (χ1v) is 11.6. The van der Waals surface area contributed by atoms with Crippen LogP contribution in [0.15, 0.2) is 48.5 Å². The molecule has 180 valence electrons. The summed E-state index contributed by atoms with van der Waals surface area (Å²) in [5.41, 5.74) is 4.21. The third kappa shape index (κ3) is 6.17. The molecule has 3 aromatic rings. The van der Waals surface area contributed by atoms with Crippen molar-refractivity contribution in [1.29, 1.82) is 0 Å². The Labute approximate surface area is 206 Å². The predicted octanol–water partition coefficient (Wildman–Crippen LogP) is 5.93. The third-order valence-electron chi connectivity index (χ3n) is 5.44. The number of carbonyl (C=O) groups is 2. The maximum atomic E-state index is 13.0. The number of rotatable bonds is 6. The first-order valence-electron chi connectivity index (χ1n) is 11.3. The number of nitrogens with zero attached hydrogens (tertiary/aromatic N) is 3. The molecule has 3 amide bonds. The summed E-state index contributed by atoms with van der Waals surface area (Å²) < 4.78 is 1.68. The minimum Gasteiger partial charge on any atom is -0.315 e. The lowest BCUT2D eigenvalue weighted by atomic mass is 9.92. The number of hydrogen-bond acceptors (Lipinski definition) is 3. The Morgan fingerprint density at radius 2 is 1.71 bits per heavy atom. The van der Waals surface area contributed by atoms with Crippen molar-refractivity contribution in [3.63, 3.8) is 0 Å². The number of halogens is 1. The molecule has 0 radical (unpaired) electrons. The van der Waals surface area contributed by atoms with Gasteiger partial charge in [-0.2, -0.15) is 5.10 Å². The molecule has 0 fully saturated rings. The predicted molar refractivity (Wildman–Crippen MR) is 138 cm³/mol. The molecule has 0 saturated heterocycles. The highest BCUT2D eigenvalue weighted by atomic mass is 35.5. The Morgan fingerprint density at radius 3 is 2.29 bits per heavy atom. The largest absolute Gasteiger partial charge is 0.322 e. The van der Waals surface area contributed by atoms with Gasteiger partial charge in [-0.05, 0) is 56.7 Å². The van der Waals surface area contributed by atoms with Crippen LogP contribution in [0.3, 0.4) is 0 Å². The number of hydrogen-bond donors (Lipinski definition) is 2. The molecule has 1 aromatic heterocycles. The molecule has 1 heterocycles. The second-order valence-corrected chi connectivity index (χ2v) is 9.80. The molecular weight excluding hydrogens is 450 g/mol. The number of nitrogens with one attached hydrogen (secondary N) is 2. The highest BCUT2D eigenvalue weighted by molar-refractivity contribution is 6.30. The summed E-state index contributed by atoms with van der Waals surface area (Å²) in [4.78, 5) is 27.2. The number of aromatic nitrogens is 2. The van der Waals surface area contributed by atoms with Crippen LogP contribution in [0.1, 0.15) is 44.5 Å². The molecule has 2 aromatic carbocycles. The first-order chi connectivity index (χ1) is 16.0. The Balaban J connectivity index is 1.77. The lowest BCUT2D eigenvalue weighted by molar-refractivity contribution is -0.116. The molecule has 0 aliphatic heterocycles. The standard InChI is InChI=1S/C26H32ClN5O2/c1-7-31(25(34)28-21-13-8-17(2)14-18(21)3)16-24(33)29-23-15-22(26(4,5)6)30-32(23)20-11-9-19(27)10-12-20/h8-15H,7,16H2,1-6H3,(H,28,34)(H,29,33). The van der Waals surface area contributed by atoms with Gasteiger partial charge in [0.1, 0.15) is 12.4 Å². The highest BCUT2D eigenvalue weighted by Gasteiger charge is 2.23. The minimum atomic E-state index is -0.328. The van der Waals surface area contributed by atoms with Crippen molar-refractivity contribution in [2.75, 3.05) is 23.7 Å². The molecule has 0 aliphatic rings. The number of aryl methyl sites for hydroxylation is 2. The van der Waals surface area contributed by atoms with Crippen molar-refractivity contribution in [2.45, 2.75) is 47.0 Å². The topological polar surface area (TPSA) is 79.3 Å². The van der Waals surface area contributed by atoms with Crippen LogP contribution in [-0.4, -0.2) is 39.7 Å². The second kappa shape index (κ2) is 10.3. The maximum absolute atomic E-state index is 13.0. The fourth-order valence-electron chi connectivity index (χ4n) is 3.45. The van der Waals surface area contributed by atoms with Gasteiger partial charge in [0.25, 0.3) is 0 Å². The van der Waals surface area contributed by atoms with Gasteiger partial charge in [0, 0.05) is 28.7 Å². The lowest BCUT2D eigenvalue weighted by Gasteiger charge is -2.21. The zero-order valence-corrected chi connectivity index (χ0v) is 21.3. The molecule has 3 rings (SSSR count). The van der Waals surface area contributed by atoms with Gasteiger partial charge in [0.2, 0.25) is 5.91 Å². The van der Waals surface area contributed by atoms with Crippen molar-refractivity contribution in [3.05, 3.63) is 70.4 Å². The van der Waals surface area contributed by atoms with E-state index in [4.69, 9.17) is 16.7 Å². The normalized spacial score (nSPS) is 11.3. The molecule has 0 aliphatic carbocycles. The summed E-state index contributed by atoms with van der Waals surface area (Å²) in [6.45, 7) is 12.2. The van der Waals surface area contributed by atoms with E-state index in [0.717, 1.165) is 28.2 Å². The molecule has 34 heavy (non-hydrogen) atoms. The van der Waals surface area contributed by atoms with Gasteiger partial charge < -0.3 is 15.5 Å². The van der Waals surface area contributed by atoms with Crippen molar-refractivity contribution >= 4 is 35.0 Å². The van der Waals surface area contributed by atoms with Gasteiger partial charge in [-0.1, -0.05) is 50.1 Å². The molecule has 0 unspecified atom stereocenters. The number of anilines is 2. The van der Waals surface area contributed by atoms with Crippen molar-refractivity contribution < 1.29 is 9.59 Å². The molecule has 0 saturated carbocycles. The number of benzene rings is 2. The van der Waals surface area contributed by atoms with Gasteiger partial charge in [0.15, 0.2) is 0 Å². The molecule has 0 atom stereocenters. The van der Waals surface area contributed by atoms with E-state index < -0.39 is 0 Å². The van der Waals surface area contributed by atoms with E-state index in [1.165, 1.54) is 4.90 Å². The summed E-state index contributed by atoms with van der Waals surface area (Å²) >= 11 is 6.04. The lowest BCUT2D eigenvalue weighted by Crippen LogP contribution is -2.40. The Bertz CT molecular complexity index is 1180. The molecule has 8 heteroatoms. The number of likely N-dealkylation sites (N-methyl/N-ethyl adjacent to an activating group) is 1. The van der Waals surface area contributed by atoms with Gasteiger partial charge in [0.05, 0.1) is 11.4 Å². The van der Waals surface area contributed by atoms with E-state index in [2.05, 4.69) is 31.4 Å². The van der Waals surface area contributed by atoms with Crippen LogP contribution in [-0.2, 0) is 10.2 Å². The first kappa shape index (κ1) is 25.3. The third-order valence-corrected chi connectivity index (χ3v) is 5.70.